The van der Waals surface area contributed by atoms with Gasteiger partial charge in [-0.2, -0.15) is 0 Å². The molecule has 1 aromatic carbocycles. The first kappa shape index (κ1) is 13.2. The number of ether oxygens (including phenoxy) is 1. The van der Waals surface area contributed by atoms with Crippen LogP contribution in [0.1, 0.15) is 19.3 Å². The molecule has 19 heavy (non-hydrogen) atoms. The van der Waals surface area contributed by atoms with Crippen LogP contribution in [0.3, 0.4) is 0 Å². The van der Waals surface area contributed by atoms with Crippen LogP contribution >= 0.6 is 27.5 Å². The van der Waals surface area contributed by atoms with Crippen molar-refractivity contribution in [1.82, 2.24) is 5.32 Å². The van der Waals surface area contributed by atoms with Gasteiger partial charge >= 0.3 is 6.03 Å². The average Bonchev–Trinajstić information content (AvgIpc) is 2.95. The number of fused-ring (bicyclic) bond motifs is 2. The maximum Gasteiger partial charge on any atom is 0.319 e. The Morgan fingerprint density at radius 2 is 2.26 bits per heavy atom. The average molecular weight is 346 g/mol. The molecule has 3 atom stereocenters. The minimum atomic E-state index is -0.231. The normalized spacial score (nSPS) is 28.4. The smallest absolute Gasteiger partial charge is 0.319 e. The Kier molecular flexibility index (Phi) is 3.69. The summed E-state index contributed by atoms with van der Waals surface area (Å²) in [6.07, 6.45) is 3.56. The molecule has 1 aromatic rings. The number of rotatable bonds is 2. The topological polar surface area (TPSA) is 50.4 Å². The predicted octanol–water partition coefficient (Wildman–Crippen LogP) is 3.54. The summed E-state index contributed by atoms with van der Waals surface area (Å²) in [4.78, 5) is 11.9. The van der Waals surface area contributed by atoms with Gasteiger partial charge in [0.1, 0.15) is 0 Å². The van der Waals surface area contributed by atoms with Crippen molar-refractivity contribution in [3.8, 4) is 0 Å². The van der Waals surface area contributed by atoms with E-state index in [0.29, 0.717) is 16.8 Å². The van der Waals surface area contributed by atoms with E-state index < -0.39 is 0 Å². The summed E-state index contributed by atoms with van der Waals surface area (Å²) >= 11 is 9.38. The van der Waals surface area contributed by atoms with Gasteiger partial charge < -0.3 is 15.4 Å². The van der Waals surface area contributed by atoms with E-state index in [4.69, 9.17) is 16.3 Å². The van der Waals surface area contributed by atoms with Crippen LogP contribution in [0.15, 0.2) is 22.7 Å². The van der Waals surface area contributed by atoms with Crippen molar-refractivity contribution in [2.75, 3.05) is 5.32 Å². The van der Waals surface area contributed by atoms with E-state index in [0.717, 1.165) is 23.7 Å². The van der Waals surface area contributed by atoms with E-state index in [1.54, 1.807) is 12.1 Å². The summed E-state index contributed by atoms with van der Waals surface area (Å²) in [6, 6.07) is 5.24. The minimum absolute atomic E-state index is 0.118. The van der Waals surface area contributed by atoms with E-state index in [1.165, 1.54) is 0 Å². The second-order valence-electron chi connectivity index (χ2n) is 4.94. The molecule has 3 unspecified atom stereocenters. The Morgan fingerprint density at radius 1 is 1.42 bits per heavy atom. The summed E-state index contributed by atoms with van der Waals surface area (Å²) in [5, 5.41) is 6.23. The Balaban J connectivity index is 1.59. The lowest BCUT2D eigenvalue weighted by atomic mass is 9.96. The second-order valence-corrected chi connectivity index (χ2v) is 6.26. The number of carbonyl (C=O) groups is 1. The van der Waals surface area contributed by atoms with Crippen LogP contribution in [-0.2, 0) is 4.74 Å². The van der Waals surface area contributed by atoms with Crippen molar-refractivity contribution in [2.24, 2.45) is 0 Å². The Hall–Kier alpha value is -0.780. The Bertz CT molecular complexity index is 511. The molecule has 0 aliphatic carbocycles. The van der Waals surface area contributed by atoms with Crippen LogP contribution in [0.5, 0.6) is 0 Å². The molecule has 2 saturated heterocycles. The molecule has 2 aliphatic heterocycles. The minimum Gasteiger partial charge on any atom is -0.373 e. The molecule has 2 aliphatic rings. The van der Waals surface area contributed by atoms with Gasteiger partial charge in [0.2, 0.25) is 0 Å². The maximum atomic E-state index is 11.9. The predicted molar refractivity (Wildman–Crippen MR) is 77.6 cm³/mol. The van der Waals surface area contributed by atoms with Crippen molar-refractivity contribution in [2.45, 2.75) is 37.5 Å². The molecule has 6 heteroatoms. The fourth-order valence-corrected chi connectivity index (χ4v) is 3.43. The third kappa shape index (κ3) is 2.88. The van der Waals surface area contributed by atoms with E-state index >= 15 is 0 Å². The molecule has 0 radical (unpaired) electrons. The molecule has 102 valence electrons. The molecule has 4 nitrogen and oxygen atoms in total. The van der Waals surface area contributed by atoms with Crippen LogP contribution in [0.4, 0.5) is 10.5 Å². The summed E-state index contributed by atoms with van der Waals surface area (Å²) < 4.78 is 6.58. The van der Waals surface area contributed by atoms with Gasteiger partial charge in [0, 0.05) is 4.47 Å². The molecular formula is C13H14BrClN2O2. The van der Waals surface area contributed by atoms with Crippen molar-refractivity contribution in [3.63, 3.8) is 0 Å². The number of hydrogen-bond acceptors (Lipinski definition) is 2. The molecular weight excluding hydrogens is 332 g/mol. The second kappa shape index (κ2) is 5.31. The van der Waals surface area contributed by atoms with E-state index in [1.807, 2.05) is 6.07 Å². The molecule has 2 bridgehead atoms. The number of nitrogens with one attached hydrogen (secondary N) is 2. The van der Waals surface area contributed by atoms with Crippen LogP contribution in [-0.4, -0.2) is 24.3 Å². The summed E-state index contributed by atoms with van der Waals surface area (Å²) in [5.41, 5.74) is 0.603. The molecule has 3 rings (SSSR count). The van der Waals surface area contributed by atoms with Crippen molar-refractivity contribution < 1.29 is 9.53 Å². The first-order chi connectivity index (χ1) is 9.11. The van der Waals surface area contributed by atoms with Gasteiger partial charge in [0.25, 0.3) is 0 Å². The first-order valence-electron chi connectivity index (χ1n) is 6.30. The van der Waals surface area contributed by atoms with E-state index in [-0.39, 0.29) is 18.2 Å². The highest BCUT2D eigenvalue weighted by atomic mass is 79.9. The van der Waals surface area contributed by atoms with Gasteiger partial charge in [-0.3, -0.25) is 0 Å². The van der Waals surface area contributed by atoms with Crippen LogP contribution in [0.25, 0.3) is 0 Å². The first-order valence-corrected chi connectivity index (χ1v) is 7.47. The van der Waals surface area contributed by atoms with Crippen LogP contribution in [0.2, 0.25) is 5.02 Å². The van der Waals surface area contributed by atoms with Crippen molar-refractivity contribution in [1.29, 1.82) is 0 Å². The van der Waals surface area contributed by atoms with Crippen molar-refractivity contribution >= 4 is 39.2 Å². The number of urea groups is 1. The fourth-order valence-electron chi connectivity index (χ4n) is 2.71. The van der Waals surface area contributed by atoms with Gasteiger partial charge in [-0.1, -0.05) is 27.5 Å². The standard InChI is InChI=1S/C13H14BrClN2O2/c14-7-1-3-10(9(15)5-7)16-13(18)17-11-6-8-2-4-12(11)19-8/h1,3,5,8,11-12H,2,4,6H2,(H2,16,17,18). The lowest BCUT2D eigenvalue weighted by Gasteiger charge is -2.20. The molecule has 2 fully saturated rings. The highest BCUT2D eigenvalue weighted by Crippen LogP contribution is 2.34. The zero-order chi connectivity index (χ0) is 13.4. The van der Waals surface area contributed by atoms with Gasteiger partial charge in [-0.15, -0.1) is 0 Å². The van der Waals surface area contributed by atoms with Gasteiger partial charge in [-0.25, -0.2) is 4.79 Å². The quantitative estimate of drug-likeness (QED) is 0.861. The van der Waals surface area contributed by atoms with Gasteiger partial charge in [0.05, 0.1) is 29.0 Å². The van der Waals surface area contributed by atoms with E-state index in [9.17, 15) is 4.79 Å². The number of benzene rings is 1. The van der Waals surface area contributed by atoms with Crippen molar-refractivity contribution in [3.05, 3.63) is 27.7 Å². The Labute approximate surface area is 125 Å². The zero-order valence-electron chi connectivity index (χ0n) is 10.2. The third-order valence-corrected chi connectivity index (χ3v) is 4.41. The third-order valence-electron chi connectivity index (χ3n) is 3.60. The van der Waals surface area contributed by atoms with Crippen LogP contribution < -0.4 is 10.6 Å². The fraction of sp³-hybridized carbons (Fsp3) is 0.462. The molecule has 0 spiro atoms. The number of carbonyl (C=O) groups excluding carboxylic acids is 1. The SMILES string of the molecule is O=C(Nc1ccc(Br)cc1Cl)NC1CC2CCC1O2. The molecule has 2 amide bonds. The summed E-state index contributed by atoms with van der Waals surface area (Å²) in [5.74, 6) is 0. The van der Waals surface area contributed by atoms with E-state index in [2.05, 4.69) is 26.6 Å². The Morgan fingerprint density at radius 3 is 2.89 bits per heavy atom. The lowest BCUT2D eigenvalue weighted by molar-refractivity contribution is 0.0984. The monoisotopic (exact) mass is 344 g/mol. The number of hydrogen-bond donors (Lipinski definition) is 2. The zero-order valence-corrected chi connectivity index (χ0v) is 12.5. The molecule has 0 saturated carbocycles. The molecule has 0 aromatic heterocycles. The van der Waals surface area contributed by atoms with Gasteiger partial charge in [0.15, 0.2) is 0 Å². The van der Waals surface area contributed by atoms with Crippen LogP contribution in [0, 0.1) is 0 Å². The van der Waals surface area contributed by atoms with Gasteiger partial charge in [-0.05, 0) is 37.5 Å². The highest BCUT2D eigenvalue weighted by Gasteiger charge is 2.41. The summed E-state index contributed by atoms with van der Waals surface area (Å²) in [6.45, 7) is 0. The highest BCUT2D eigenvalue weighted by molar-refractivity contribution is 9.10. The number of halogens is 2. The molecule has 2 N–H and O–H groups in total. The number of amides is 2. The molecule has 2 heterocycles. The maximum absolute atomic E-state index is 11.9. The number of anilines is 1. The summed E-state index contributed by atoms with van der Waals surface area (Å²) in [7, 11) is 0. The largest absolute Gasteiger partial charge is 0.373 e. The lowest BCUT2D eigenvalue weighted by Crippen LogP contribution is -2.43.